The van der Waals surface area contributed by atoms with Crippen molar-refractivity contribution in [1.29, 1.82) is 0 Å². The summed E-state index contributed by atoms with van der Waals surface area (Å²) in [6.07, 6.45) is 15.5. The van der Waals surface area contributed by atoms with Gasteiger partial charge in [-0.05, 0) is 11.8 Å². The van der Waals surface area contributed by atoms with Gasteiger partial charge in [-0.3, -0.25) is 0 Å². The minimum absolute atomic E-state index is 1.02. The quantitative estimate of drug-likeness (QED) is 0.335. The topological polar surface area (TPSA) is 0 Å². The fourth-order valence-electron chi connectivity index (χ4n) is 3.00. The Morgan fingerprint density at radius 1 is 0.476 bits per heavy atom. The maximum Gasteiger partial charge on any atom is -0.0386 e. The molecule has 21 heavy (non-hydrogen) atoms. The summed E-state index contributed by atoms with van der Waals surface area (Å²) in [5.74, 6) is 2.04. The highest BCUT2D eigenvalue weighted by Crippen LogP contribution is 2.31. The van der Waals surface area contributed by atoms with Gasteiger partial charge < -0.3 is 0 Å². The SMILES string of the molecule is CC.CCC.CCCCCC(CCC)C(CCC)CCC. The number of unbranched alkanes of at least 4 members (excludes halogenated alkanes) is 2. The smallest absolute Gasteiger partial charge is 0.0386 e. The molecule has 0 aromatic heterocycles. The molecular weight excluding hydrogens is 252 g/mol. The molecular formula is C21H48. The molecule has 0 heteroatoms. The van der Waals surface area contributed by atoms with Gasteiger partial charge in [0.25, 0.3) is 0 Å². The maximum absolute atomic E-state index is 2.35. The van der Waals surface area contributed by atoms with Gasteiger partial charge in [-0.1, -0.05) is 126 Å². The van der Waals surface area contributed by atoms with Gasteiger partial charge in [-0.2, -0.15) is 0 Å². The molecule has 0 radical (unpaired) electrons. The Kier molecular flexibility index (Phi) is 30.8. The van der Waals surface area contributed by atoms with E-state index in [9.17, 15) is 0 Å². The first-order chi connectivity index (χ1) is 10.2. The molecule has 0 aromatic carbocycles. The second-order valence-corrected chi connectivity index (χ2v) is 6.09. The van der Waals surface area contributed by atoms with E-state index in [4.69, 9.17) is 0 Å². The lowest BCUT2D eigenvalue weighted by Crippen LogP contribution is -2.15. The largest absolute Gasteiger partial charge is 0.0683 e. The van der Waals surface area contributed by atoms with Crippen LogP contribution >= 0.6 is 0 Å². The van der Waals surface area contributed by atoms with Crippen LogP contribution in [0.15, 0.2) is 0 Å². The van der Waals surface area contributed by atoms with Gasteiger partial charge in [-0.15, -0.1) is 0 Å². The van der Waals surface area contributed by atoms with E-state index < -0.39 is 0 Å². The van der Waals surface area contributed by atoms with Crippen molar-refractivity contribution in [2.45, 2.75) is 126 Å². The van der Waals surface area contributed by atoms with E-state index in [1.165, 1.54) is 70.6 Å². The van der Waals surface area contributed by atoms with E-state index >= 15 is 0 Å². The summed E-state index contributed by atoms with van der Waals surface area (Å²) in [6.45, 7) is 17.6. The Morgan fingerprint density at radius 2 is 0.810 bits per heavy atom. The molecule has 0 rings (SSSR count). The van der Waals surface area contributed by atoms with Gasteiger partial charge in [0.2, 0.25) is 0 Å². The van der Waals surface area contributed by atoms with Crippen LogP contribution < -0.4 is 0 Å². The second-order valence-electron chi connectivity index (χ2n) is 6.09. The lowest BCUT2D eigenvalue weighted by Gasteiger charge is -2.26. The first-order valence-electron chi connectivity index (χ1n) is 10.2. The summed E-state index contributed by atoms with van der Waals surface area (Å²) in [4.78, 5) is 0. The van der Waals surface area contributed by atoms with Crippen molar-refractivity contribution < 1.29 is 0 Å². The molecule has 1 atom stereocenters. The molecule has 132 valence electrons. The van der Waals surface area contributed by atoms with Crippen molar-refractivity contribution in [3.63, 3.8) is 0 Å². The maximum atomic E-state index is 2.35. The fourth-order valence-corrected chi connectivity index (χ4v) is 3.00. The van der Waals surface area contributed by atoms with E-state index in [0.717, 1.165) is 11.8 Å². The van der Waals surface area contributed by atoms with E-state index in [1.807, 2.05) is 13.8 Å². The van der Waals surface area contributed by atoms with Crippen LogP contribution in [-0.2, 0) is 0 Å². The standard InChI is InChI=1S/C16H34.C3H8.C2H6/c1-5-9-10-14-16(13-8-4)15(11-6-2)12-7-3;1-3-2;1-2/h15-16H,5-14H2,1-4H3;3H2,1-2H3;1-2H3. The lowest BCUT2D eigenvalue weighted by atomic mass is 9.79. The molecule has 0 saturated carbocycles. The molecule has 0 nitrogen and oxygen atoms in total. The average molecular weight is 301 g/mol. The van der Waals surface area contributed by atoms with Crippen LogP contribution in [0.5, 0.6) is 0 Å². The second kappa shape index (κ2) is 25.0. The highest BCUT2D eigenvalue weighted by Gasteiger charge is 2.18. The van der Waals surface area contributed by atoms with Crippen LogP contribution in [0.25, 0.3) is 0 Å². The van der Waals surface area contributed by atoms with Gasteiger partial charge in [0.1, 0.15) is 0 Å². The molecule has 0 saturated heterocycles. The van der Waals surface area contributed by atoms with Crippen molar-refractivity contribution in [2.75, 3.05) is 0 Å². The molecule has 0 fully saturated rings. The zero-order chi connectivity index (χ0) is 16.9. The predicted molar refractivity (Wildman–Crippen MR) is 103 cm³/mol. The van der Waals surface area contributed by atoms with Crippen molar-refractivity contribution in [1.82, 2.24) is 0 Å². The summed E-state index contributed by atoms with van der Waals surface area (Å²) in [6, 6.07) is 0. The van der Waals surface area contributed by atoms with Crippen molar-refractivity contribution >= 4 is 0 Å². The van der Waals surface area contributed by atoms with Gasteiger partial charge in [0, 0.05) is 0 Å². The zero-order valence-corrected chi connectivity index (χ0v) is 16.9. The highest BCUT2D eigenvalue weighted by atomic mass is 14.2. The monoisotopic (exact) mass is 300 g/mol. The fraction of sp³-hybridized carbons (Fsp3) is 1.00. The summed E-state index contributed by atoms with van der Waals surface area (Å²) >= 11 is 0. The van der Waals surface area contributed by atoms with Crippen molar-refractivity contribution in [2.24, 2.45) is 11.8 Å². The Hall–Kier alpha value is 0. The van der Waals surface area contributed by atoms with E-state index in [1.54, 1.807) is 0 Å². The van der Waals surface area contributed by atoms with Crippen LogP contribution in [0.2, 0.25) is 0 Å². The number of hydrogen-bond donors (Lipinski definition) is 0. The van der Waals surface area contributed by atoms with Crippen LogP contribution in [-0.4, -0.2) is 0 Å². The minimum atomic E-state index is 1.02. The van der Waals surface area contributed by atoms with Gasteiger partial charge in [0.05, 0.1) is 0 Å². The Balaban J connectivity index is -0.000000569. The summed E-state index contributed by atoms with van der Waals surface area (Å²) in [5.41, 5.74) is 0. The molecule has 0 spiro atoms. The number of rotatable bonds is 11. The molecule has 0 aromatic rings. The summed E-state index contributed by atoms with van der Waals surface area (Å²) in [5, 5.41) is 0. The Bertz CT molecular complexity index is 133. The molecule has 1 unspecified atom stereocenters. The first-order valence-corrected chi connectivity index (χ1v) is 10.2. The van der Waals surface area contributed by atoms with Crippen LogP contribution in [0.4, 0.5) is 0 Å². The predicted octanol–water partition coefficient (Wildman–Crippen LogP) is 8.64. The zero-order valence-electron chi connectivity index (χ0n) is 16.9. The molecule has 0 bridgehead atoms. The van der Waals surface area contributed by atoms with Gasteiger partial charge >= 0.3 is 0 Å². The first kappa shape index (κ1) is 25.9. The third kappa shape index (κ3) is 20.0. The number of hydrogen-bond acceptors (Lipinski definition) is 0. The molecule has 0 N–H and O–H groups in total. The lowest BCUT2D eigenvalue weighted by molar-refractivity contribution is 0.250. The average Bonchev–Trinajstić information content (AvgIpc) is 2.49. The van der Waals surface area contributed by atoms with Gasteiger partial charge in [-0.25, -0.2) is 0 Å². The van der Waals surface area contributed by atoms with E-state index in [0.29, 0.717) is 0 Å². The molecule has 0 aliphatic rings. The van der Waals surface area contributed by atoms with Crippen molar-refractivity contribution in [3.05, 3.63) is 0 Å². The van der Waals surface area contributed by atoms with E-state index in [-0.39, 0.29) is 0 Å². The molecule has 0 aliphatic carbocycles. The Morgan fingerprint density at radius 3 is 1.10 bits per heavy atom. The van der Waals surface area contributed by atoms with Crippen LogP contribution in [0.3, 0.4) is 0 Å². The van der Waals surface area contributed by atoms with Gasteiger partial charge in [0.15, 0.2) is 0 Å². The minimum Gasteiger partial charge on any atom is -0.0683 e. The van der Waals surface area contributed by atoms with E-state index in [2.05, 4.69) is 41.5 Å². The third-order valence-electron chi connectivity index (χ3n) is 3.82. The van der Waals surface area contributed by atoms with Crippen LogP contribution in [0.1, 0.15) is 126 Å². The van der Waals surface area contributed by atoms with Crippen molar-refractivity contribution in [3.8, 4) is 0 Å². The molecule has 0 amide bonds. The highest BCUT2D eigenvalue weighted by molar-refractivity contribution is 4.70. The molecule has 0 heterocycles. The normalized spacial score (nSPS) is 11.3. The summed E-state index contributed by atoms with van der Waals surface area (Å²) in [7, 11) is 0. The Labute approximate surface area is 138 Å². The third-order valence-corrected chi connectivity index (χ3v) is 3.82. The van der Waals surface area contributed by atoms with Crippen LogP contribution in [0, 0.1) is 11.8 Å². The summed E-state index contributed by atoms with van der Waals surface area (Å²) < 4.78 is 0. The molecule has 0 aliphatic heterocycles.